The van der Waals surface area contributed by atoms with Gasteiger partial charge in [-0.3, -0.25) is 0 Å². The van der Waals surface area contributed by atoms with Crippen molar-refractivity contribution >= 4 is 5.69 Å². The highest BCUT2D eigenvalue weighted by Gasteiger charge is 2.29. The summed E-state index contributed by atoms with van der Waals surface area (Å²) in [4.78, 5) is 2.10. The summed E-state index contributed by atoms with van der Waals surface area (Å²) in [6.45, 7) is 5.03. The van der Waals surface area contributed by atoms with Crippen LogP contribution in [0, 0.1) is 11.2 Å². The molecule has 0 aliphatic heterocycles. The van der Waals surface area contributed by atoms with Gasteiger partial charge >= 0.3 is 0 Å². The summed E-state index contributed by atoms with van der Waals surface area (Å²) in [7, 11) is 2.00. The molecule has 0 radical (unpaired) electrons. The first kappa shape index (κ1) is 14.3. The van der Waals surface area contributed by atoms with Crippen molar-refractivity contribution in [3.63, 3.8) is 0 Å². The standard InChI is InChI=1S/C16H25FN2/c1-16(2)8-6-13(7-9-16)19(3)15-5-4-12(11-18)10-14(15)17/h4-5,10,13H,6-9,11,18H2,1-3H3. The van der Waals surface area contributed by atoms with Crippen LogP contribution in [-0.2, 0) is 6.54 Å². The van der Waals surface area contributed by atoms with Crippen molar-refractivity contribution in [2.75, 3.05) is 11.9 Å². The smallest absolute Gasteiger partial charge is 0.146 e. The fraction of sp³-hybridized carbons (Fsp3) is 0.625. The molecule has 1 saturated carbocycles. The normalized spacial score (nSPS) is 19.4. The Hall–Kier alpha value is -1.09. The maximum Gasteiger partial charge on any atom is 0.146 e. The van der Waals surface area contributed by atoms with Crippen molar-refractivity contribution in [3.05, 3.63) is 29.6 Å². The molecule has 1 aliphatic carbocycles. The van der Waals surface area contributed by atoms with Crippen molar-refractivity contribution in [2.45, 2.75) is 52.1 Å². The van der Waals surface area contributed by atoms with E-state index in [2.05, 4.69) is 18.7 Å². The molecule has 0 heterocycles. The van der Waals surface area contributed by atoms with Crippen LogP contribution in [0.2, 0.25) is 0 Å². The molecule has 106 valence electrons. The predicted molar refractivity (Wildman–Crippen MR) is 78.7 cm³/mol. The molecule has 0 atom stereocenters. The molecule has 0 amide bonds. The van der Waals surface area contributed by atoms with Gasteiger partial charge in [-0.15, -0.1) is 0 Å². The fourth-order valence-corrected chi connectivity index (χ4v) is 2.93. The maximum atomic E-state index is 14.1. The van der Waals surface area contributed by atoms with Gasteiger partial charge in [0.25, 0.3) is 0 Å². The first-order valence-corrected chi connectivity index (χ1v) is 7.14. The Morgan fingerprint density at radius 3 is 2.47 bits per heavy atom. The van der Waals surface area contributed by atoms with Crippen LogP contribution in [0.1, 0.15) is 45.1 Å². The third-order valence-electron chi connectivity index (χ3n) is 4.48. The third-order valence-corrected chi connectivity index (χ3v) is 4.48. The topological polar surface area (TPSA) is 29.3 Å². The largest absolute Gasteiger partial charge is 0.369 e. The fourth-order valence-electron chi connectivity index (χ4n) is 2.93. The van der Waals surface area contributed by atoms with Crippen LogP contribution < -0.4 is 10.6 Å². The molecule has 3 heteroatoms. The average molecular weight is 264 g/mol. The van der Waals surface area contributed by atoms with Crippen molar-refractivity contribution < 1.29 is 4.39 Å². The maximum absolute atomic E-state index is 14.1. The SMILES string of the molecule is CN(c1ccc(CN)cc1F)C1CCC(C)(C)CC1. The molecule has 0 unspecified atom stereocenters. The highest BCUT2D eigenvalue weighted by Crippen LogP contribution is 2.38. The second-order valence-corrected chi connectivity index (χ2v) is 6.50. The van der Waals surface area contributed by atoms with Gasteiger partial charge in [-0.2, -0.15) is 0 Å². The van der Waals surface area contributed by atoms with Gasteiger partial charge in [-0.05, 0) is 48.8 Å². The van der Waals surface area contributed by atoms with Gasteiger partial charge in [0.1, 0.15) is 5.82 Å². The molecule has 2 N–H and O–H groups in total. The lowest BCUT2D eigenvalue weighted by Crippen LogP contribution is -2.37. The van der Waals surface area contributed by atoms with Crippen LogP contribution >= 0.6 is 0 Å². The predicted octanol–water partition coefficient (Wildman–Crippen LogP) is 3.69. The van der Waals surface area contributed by atoms with E-state index >= 15 is 0 Å². The number of benzene rings is 1. The number of hydrogen-bond acceptors (Lipinski definition) is 2. The van der Waals surface area contributed by atoms with Crippen molar-refractivity contribution in [2.24, 2.45) is 11.1 Å². The molecule has 0 spiro atoms. The number of hydrogen-bond donors (Lipinski definition) is 1. The molecule has 0 aromatic heterocycles. The number of nitrogens with two attached hydrogens (primary N) is 1. The van der Waals surface area contributed by atoms with Gasteiger partial charge in [0.05, 0.1) is 5.69 Å². The Balaban J connectivity index is 2.10. The van der Waals surface area contributed by atoms with Crippen LogP contribution in [0.3, 0.4) is 0 Å². The molecular formula is C16H25FN2. The van der Waals surface area contributed by atoms with Crippen molar-refractivity contribution in [1.82, 2.24) is 0 Å². The Morgan fingerprint density at radius 2 is 1.95 bits per heavy atom. The van der Waals surface area contributed by atoms with Crippen LogP contribution in [-0.4, -0.2) is 13.1 Å². The molecule has 1 aliphatic rings. The lowest BCUT2D eigenvalue weighted by molar-refractivity contribution is 0.222. The second-order valence-electron chi connectivity index (χ2n) is 6.50. The van der Waals surface area contributed by atoms with Gasteiger partial charge < -0.3 is 10.6 Å². The zero-order chi connectivity index (χ0) is 14.0. The van der Waals surface area contributed by atoms with Crippen molar-refractivity contribution in [1.29, 1.82) is 0 Å². The van der Waals surface area contributed by atoms with E-state index in [1.165, 1.54) is 12.8 Å². The van der Waals surface area contributed by atoms with Crippen LogP contribution in [0.5, 0.6) is 0 Å². The number of rotatable bonds is 3. The summed E-state index contributed by atoms with van der Waals surface area (Å²) in [6, 6.07) is 5.78. The minimum atomic E-state index is -0.157. The van der Waals surface area contributed by atoms with Gasteiger partial charge in [-0.25, -0.2) is 4.39 Å². The molecule has 0 bridgehead atoms. The monoisotopic (exact) mass is 264 g/mol. The molecule has 1 aromatic carbocycles. The first-order valence-electron chi connectivity index (χ1n) is 7.14. The molecule has 2 nitrogen and oxygen atoms in total. The zero-order valence-corrected chi connectivity index (χ0v) is 12.2. The highest BCUT2D eigenvalue weighted by molar-refractivity contribution is 5.49. The van der Waals surface area contributed by atoms with Crippen molar-refractivity contribution in [3.8, 4) is 0 Å². The second kappa shape index (κ2) is 5.49. The van der Waals surface area contributed by atoms with Gasteiger partial charge in [0, 0.05) is 19.6 Å². The molecule has 19 heavy (non-hydrogen) atoms. The molecule has 1 aromatic rings. The highest BCUT2D eigenvalue weighted by atomic mass is 19.1. The minimum Gasteiger partial charge on any atom is -0.369 e. The average Bonchev–Trinajstić information content (AvgIpc) is 2.37. The van der Waals surface area contributed by atoms with Gasteiger partial charge in [-0.1, -0.05) is 19.9 Å². The molecular weight excluding hydrogens is 239 g/mol. The van der Waals surface area contributed by atoms with E-state index in [1.54, 1.807) is 6.07 Å². The van der Waals surface area contributed by atoms with Crippen LogP contribution in [0.25, 0.3) is 0 Å². The quantitative estimate of drug-likeness (QED) is 0.902. The Kier molecular flexibility index (Phi) is 4.14. The van der Waals surface area contributed by atoms with E-state index < -0.39 is 0 Å². The lowest BCUT2D eigenvalue weighted by atomic mass is 9.75. The summed E-state index contributed by atoms with van der Waals surface area (Å²) < 4.78 is 14.1. The summed E-state index contributed by atoms with van der Waals surface area (Å²) >= 11 is 0. The number of nitrogens with zero attached hydrogens (tertiary/aromatic N) is 1. The number of anilines is 1. The Labute approximate surface area is 115 Å². The lowest BCUT2D eigenvalue weighted by Gasteiger charge is -2.39. The van der Waals surface area contributed by atoms with E-state index in [-0.39, 0.29) is 5.82 Å². The van der Waals surface area contributed by atoms with Gasteiger partial charge in [0.2, 0.25) is 0 Å². The van der Waals surface area contributed by atoms with E-state index in [0.29, 0.717) is 23.7 Å². The Morgan fingerprint density at radius 1 is 1.32 bits per heavy atom. The summed E-state index contributed by atoms with van der Waals surface area (Å²) in [5.41, 5.74) is 7.52. The minimum absolute atomic E-state index is 0.157. The summed E-state index contributed by atoms with van der Waals surface area (Å²) in [5.74, 6) is -0.157. The number of halogens is 1. The summed E-state index contributed by atoms with van der Waals surface area (Å²) in [6.07, 6.45) is 4.71. The van der Waals surface area contributed by atoms with E-state index in [1.807, 2.05) is 19.2 Å². The van der Waals surface area contributed by atoms with Crippen LogP contribution in [0.15, 0.2) is 18.2 Å². The van der Waals surface area contributed by atoms with E-state index in [9.17, 15) is 4.39 Å². The van der Waals surface area contributed by atoms with E-state index in [4.69, 9.17) is 5.73 Å². The van der Waals surface area contributed by atoms with E-state index in [0.717, 1.165) is 18.4 Å². The molecule has 0 saturated heterocycles. The molecule has 2 rings (SSSR count). The third kappa shape index (κ3) is 3.27. The van der Waals surface area contributed by atoms with Gasteiger partial charge in [0.15, 0.2) is 0 Å². The zero-order valence-electron chi connectivity index (χ0n) is 12.2. The van der Waals surface area contributed by atoms with Crippen LogP contribution in [0.4, 0.5) is 10.1 Å². The Bertz CT molecular complexity index is 432. The molecule has 1 fully saturated rings. The first-order chi connectivity index (χ1) is 8.93. The summed E-state index contributed by atoms with van der Waals surface area (Å²) in [5, 5.41) is 0.